The fourth-order valence-corrected chi connectivity index (χ4v) is 5.54. The summed E-state index contributed by atoms with van der Waals surface area (Å²) in [6.45, 7) is 5.63. The molecule has 0 aromatic carbocycles. The highest BCUT2D eigenvalue weighted by Gasteiger charge is 2.66. The number of amides is 2. The van der Waals surface area contributed by atoms with Crippen molar-refractivity contribution >= 4 is 11.8 Å². The van der Waals surface area contributed by atoms with Crippen molar-refractivity contribution in [2.45, 2.75) is 37.5 Å². The van der Waals surface area contributed by atoms with Crippen LogP contribution >= 0.6 is 0 Å². The number of likely N-dealkylation sites (tertiary alicyclic amines) is 2. The Labute approximate surface area is 177 Å². The zero-order chi connectivity index (χ0) is 20.7. The zero-order valence-electron chi connectivity index (χ0n) is 17.7. The van der Waals surface area contributed by atoms with Crippen molar-refractivity contribution < 1.29 is 14.3 Å². The van der Waals surface area contributed by atoms with Gasteiger partial charge < -0.3 is 19.4 Å². The van der Waals surface area contributed by atoms with Crippen molar-refractivity contribution in [2.75, 3.05) is 46.3 Å². The Morgan fingerprint density at radius 1 is 1.27 bits per heavy atom. The molecule has 1 aromatic heterocycles. The first kappa shape index (κ1) is 19.8. The number of piperidine rings is 1. The number of nitrogens with zero attached hydrogens (tertiary/aromatic N) is 5. The molecule has 0 aliphatic carbocycles. The maximum atomic E-state index is 13.3. The first-order valence-corrected chi connectivity index (χ1v) is 11.2. The molecule has 8 nitrogen and oxygen atoms in total. The van der Waals surface area contributed by atoms with Crippen molar-refractivity contribution in [1.82, 2.24) is 24.5 Å². The molecule has 2 amide bonds. The summed E-state index contributed by atoms with van der Waals surface area (Å²) in [7, 11) is 1.81. The number of aromatic nitrogens is 2. The topological polar surface area (TPSA) is 70.9 Å². The van der Waals surface area contributed by atoms with E-state index in [-0.39, 0.29) is 17.9 Å². The van der Waals surface area contributed by atoms with Gasteiger partial charge in [0.1, 0.15) is 5.60 Å². The summed E-state index contributed by atoms with van der Waals surface area (Å²) in [6, 6.07) is 1.87. The van der Waals surface area contributed by atoms with E-state index in [2.05, 4.69) is 10.00 Å². The summed E-state index contributed by atoms with van der Waals surface area (Å²) >= 11 is 0. The van der Waals surface area contributed by atoms with E-state index in [0.29, 0.717) is 19.6 Å². The van der Waals surface area contributed by atoms with Gasteiger partial charge in [0.2, 0.25) is 11.8 Å². The van der Waals surface area contributed by atoms with E-state index < -0.39 is 17.4 Å². The number of rotatable bonds is 7. The highest BCUT2D eigenvalue weighted by Crippen LogP contribution is 2.52. The number of carbonyl (C=O) groups is 2. The van der Waals surface area contributed by atoms with Gasteiger partial charge in [0, 0.05) is 39.1 Å². The Bertz CT molecular complexity index is 819. The molecule has 1 aromatic rings. The lowest BCUT2D eigenvalue weighted by Crippen LogP contribution is -2.45. The quantitative estimate of drug-likeness (QED) is 0.613. The average molecular weight is 414 g/mol. The largest absolute Gasteiger partial charge is 0.360 e. The molecule has 5 rings (SSSR count). The minimum Gasteiger partial charge on any atom is -0.360 e. The van der Waals surface area contributed by atoms with Gasteiger partial charge in [-0.25, -0.2) is 0 Å². The monoisotopic (exact) mass is 413 g/mol. The number of likely N-dealkylation sites (N-methyl/N-ethyl adjacent to an activating group) is 1. The Kier molecular flexibility index (Phi) is 5.14. The van der Waals surface area contributed by atoms with Crippen LogP contribution in [0, 0.1) is 11.8 Å². The van der Waals surface area contributed by atoms with E-state index in [0.717, 1.165) is 26.2 Å². The lowest BCUT2D eigenvalue weighted by Gasteiger charge is -2.29. The highest BCUT2D eigenvalue weighted by molar-refractivity contribution is 5.93. The molecular weight excluding hydrogens is 382 g/mol. The molecule has 0 radical (unpaired) electrons. The van der Waals surface area contributed by atoms with Gasteiger partial charge in [0.05, 0.1) is 31.0 Å². The van der Waals surface area contributed by atoms with Crippen LogP contribution in [0.25, 0.3) is 0 Å². The average Bonchev–Trinajstić information content (AvgIpc) is 3.53. The first-order valence-electron chi connectivity index (χ1n) is 11.2. The normalized spacial score (nSPS) is 32.8. The van der Waals surface area contributed by atoms with E-state index in [1.165, 1.54) is 19.3 Å². The molecule has 4 aliphatic heterocycles. The first-order chi connectivity index (χ1) is 14.6. The summed E-state index contributed by atoms with van der Waals surface area (Å²) in [6.07, 6.45) is 11.2. The molecule has 4 aliphatic rings. The van der Waals surface area contributed by atoms with E-state index in [1.807, 2.05) is 41.0 Å². The summed E-state index contributed by atoms with van der Waals surface area (Å²) in [5.41, 5.74) is -0.618. The Balaban J connectivity index is 1.24. The molecule has 3 fully saturated rings. The predicted molar refractivity (Wildman–Crippen MR) is 110 cm³/mol. The van der Waals surface area contributed by atoms with Crippen molar-refractivity contribution in [2.24, 2.45) is 11.8 Å². The van der Waals surface area contributed by atoms with Crippen LogP contribution < -0.4 is 0 Å². The van der Waals surface area contributed by atoms with Crippen LogP contribution in [0.15, 0.2) is 30.6 Å². The van der Waals surface area contributed by atoms with Crippen LogP contribution in [0.5, 0.6) is 0 Å². The van der Waals surface area contributed by atoms with Crippen LogP contribution in [-0.2, 0) is 20.9 Å². The van der Waals surface area contributed by atoms with Crippen LogP contribution in [0.2, 0.25) is 0 Å². The van der Waals surface area contributed by atoms with Gasteiger partial charge in [-0.3, -0.25) is 14.3 Å². The maximum Gasteiger partial charge on any atom is 0.230 e. The molecule has 0 N–H and O–H groups in total. The standard InChI is InChI=1S/C22H31N5O3/c1-24(12-15-27-11-5-8-23-27)20(28)18-17-6-7-22(30-17)16-26(21(29)19(18)22)14-13-25-9-3-2-4-10-25/h5-8,11,17-19H,2-4,9-10,12-16H2,1H3/t17-,18-,19+,22-/m0/s1. The number of hydrogen-bond donors (Lipinski definition) is 0. The van der Waals surface area contributed by atoms with E-state index in [9.17, 15) is 9.59 Å². The van der Waals surface area contributed by atoms with Gasteiger partial charge in [-0.15, -0.1) is 0 Å². The number of fused-ring (bicyclic) bond motifs is 1. The van der Waals surface area contributed by atoms with Gasteiger partial charge in [0.15, 0.2) is 0 Å². The molecule has 2 bridgehead atoms. The van der Waals surface area contributed by atoms with Crippen LogP contribution in [0.1, 0.15) is 19.3 Å². The second-order valence-electron chi connectivity index (χ2n) is 9.09. The van der Waals surface area contributed by atoms with Gasteiger partial charge in [0.25, 0.3) is 0 Å². The van der Waals surface area contributed by atoms with Crippen molar-refractivity contribution in [1.29, 1.82) is 0 Å². The Hall–Kier alpha value is -2.19. The summed E-state index contributed by atoms with van der Waals surface area (Å²) in [4.78, 5) is 32.7. The van der Waals surface area contributed by atoms with Crippen molar-refractivity contribution in [3.8, 4) is 0 Å². The minimum atomic E-state index is -0.618. The molecular formula is C22H31N5O3. The third-order valence-electron chi connectivity index (χ3n) is 7.20. The number of hydrogen-bond acceptors (Lipinski definition) is 5. The van der Waals surface area contributed by atoms with E-state index >= 15 is 0 Å². The Morgan fingerprint density at radius 3 is 2.87 bits per heavy atom. The van der Waals surface area contributed by atoms with Gasteiger partial charge in [-0.2, -0.15) is 5.10 Å². The molecule has 0 unspecified atom stereocenters. The SMILES string of the molecule is CN(CCn1cccn1)C(=O)[C@H]1[C@@H]2C=C[C@@]3(CN(CCN4CCCCC4)C(=O)[C@@H]13)O2. The molecule has 0 saturated carbocycles. The smallest absolute Gasteiger partial charge is 0.230 e. The molecule has 1 spiro atoms. The Morgan fingerprint density at radius 2 is 2.10 bits per heavy atom. The predicted octanol–water partition coefficient (Wildman–Crippen LogP) is 0.609. The van der Waals surface area contributed by atoms with Crippen LogP contribution in [0.3, 0.4) is 0 Å². The molecule has 4 atom stereocenters. The van der Waals surface area contributed by atoms with E-state index in [4.69, 9.17) is 4.74 Å². The van der Waals surface area contributed by atoms with Crippen molar-refractivity contribution in [3.63, 3.8) is 0 Å². The second kappa shape index (κ2) is 7.81. The summed E-state index contributed by atoms with van der Waals surface area (Å²) < 4.78 is 8.07. The number of carbonyl (C=O) groups excluding carboxylic acids is 2. The fraction of sp³-hybridized carbons (Fsp3) is 0.682. The molecule has 8 heteroatoms. The fourth-order valence-electron chi connectivity index (χ4n) is 5.54. The third-order valence-corrected chi connectivity index (χ3v) is 7.20. The maximum absolute atomic E-state index is 13.3. The number of ether oxygens (including phenoxy) is 1. The lowest BCUT2D eigenvalue weighted by molar-refractivity contribution is -0.142. The van der Waals surface area contributed by atoms with Gasteiger partial charge in [-0.1, -0.05) is 18.6 Å². The highest BCUT2D eigenvalue weighted by atomic mass is 16.5. The van der Waals surface area contributed by atoms with Gasteiger partial charge >= 0.3 is 0 Å². The molecule has 5 heterocycles. The van der Waals surface area contributed by atoms with Crippen molar-refractivity contribution in [3.05, 3.63) is 30.6 Å². The molecule has 30 heavy (non-hydrogen) atoms. The van der Waals surface area contributed by atoms with Gasteiger partial charge in [-0.05, 0) is 32.0 Å². The third kappa shape index (κ3) is 3.36. The second-order valence-corrected chi connectivity index (χ2v) is 9.09. The molecule has 3 saturated heterocycles. The van der Waals surface area contributed by atoms with E-state index in [1.54, 1.807) is 11.1 Å². The minimum absolute atomic E-state index is 0.00499. The van der Waals surface area contributed by atoms with Crippen LogP contribution in [-0.4, -0.2) is 94.3 Å². The summed E-state index contributed by atoms with van der Waals surface area (Å²) in [5.74, 6) is -0.745. The zero-order valence-corrected chi connectivity index (χ0v) is 17.7. The lowest BCUT2D eigenvalue weighted by atomic mass is 9.76. The molecule has 162 valence electrons. The summed E-state index contributed by atoms with van der Waals surface area (Å²) in [5, 5.41) is 4.19. The van der Waals surface area contributed by atoms with Crippen LogP contribution in [0.4, 0.5) is 0 Å².